The molecule has 1 aromatic carbocycles. The Balaban J connectivity index is 0.000000459. The summed E-state index contributed by atoms with van der Waals surface area (Å²) in [6.45, 7) is 0.920. The Labute approximate surface area is 116 Å². The summed E-state index contributed by atoms with van der Waals surface area (Å²) in [5.41, 5.74) is 0. The molecule has 0 unspecified atom stereocenters. The Bertz CT molecular complexity index is 391. The topological polar surface area (TPSA) is 35.5 Å². The zero-order valence-corrected chi connectivity index (χ0v) is 11.8. The Hall–Kier alpha value is -1.36. The molecule has 0 aliphatic carbocycles. The molecule has 0 aromatic heterocycles. The largest absolute Gasteiger partial charge is 0.495 e. The summed E-state index contributed by atoms with van der Waals surface area (Å²) in [7, 11) is 1.40. The SMILES string of the molecule is CCC(=O)CC.COc1cc(OC(F)F)ccc1Cl. The molecule has 0 radical (unpaired) electrons. The van der Waals surface area contributed by atoms with Crippen molar-refractivity contribution in [2.24, 2.45) is 0 Å². The number of methoxy groups -OCH3 is 1. The van der Waals surface area contributed by atoms with Crippen molar-refractivity contribution in [1.82, 2.24) is 0 Å². The number of ketones is 1. The van der Waals surface area contributed by atoms with Gasteiger partial charge in [-0.3, -0.25) is 4.79 Å². The average molecular weight is 295 g/mol. The molecular formula is C13H17ClF2O3. The van der Waals surface area contributed by atoms with Gasteiger partial charge in [0.15, 0.2) is 0 Å². The molecule has 0 bridgehead atoms. The van der Waals surface area contributed by atoms with Crippen LogP contribution < -0.4 is 9.47 Å². The molecule has 0 aliphatic heterocycles. The second-order valence-corrected chi connectivity index (χ2v) is 3.83. The third kappa shape index (κ3) is 7.62. The summed E-state index contributed by atoms with van der Waals surface area (Å²) in [6.07, 6.45) is 1.38. The lowest BCUT2D eigenvalue weighted by Crippen LogP contribution is -2.01. The first-order valence-electron chi connectivity index (χ1n) is 5.74. The molecule has 3 nitrogen and oxygen atoms in total. The van der Waals surface area contributed by atoms with Crippen LogP contribution in [0.4, 0.5) is 8.78 Å². The van der Waals surface area contributed by atoms with Gasteiger partial charge in [0, 0.05) is 18.9 Å². The van der Waals surface area contributed by atoms with Crippen LogP contribution in [0.1, 0.15) is 26.7 Å². The van der Waals surface area contributed by atoms with Crippen LogP contribution in [0.25, 0.3) is 0 Å². The van der Waals surface area contributed by atoms with Crippen molar-refractivity contribution in [2.75, 3.05) is 7.11 Å². The van der Waals surface area contributed by atoms with Gasteiger partial charge in [0.25, 0.3) is 0 Å². The minimum Gasteiger partial charge on any atom is -0.495 e. The van der Waals surface area contributed by atoms with Gasteiger partial charge in [0.2, 0.25) is 0 Å². The smallest absolute Gasteiger partial charge is 0.387 e. The Kier molecular flexibility index (Phi) is 8.87. The molecule has 6 heteroatoms. The highest BCUT2D eigenvalue weighted by atomic mass is 35.5. The number of hydrogen-bond donors (Lipinski definition) is 0. The van der Waals surface area contributed by atoms with Crippen molar-refractivity contribution < 1.29 is 23.0 Å². The number of Topliss-reactive ketones (excluding diaryl/α,β-unsaturated/α-hetero) is 1. The lowest BCUT2D eigenvalue weighted by Gasteiger charge is -2.07. The predicted molar refractivity (Wildman–Crippen MR) is 70.2 cm³/mol. The number of benzene rings is 1. The zero-order valence-electron chi connectivity index (χ0n) is 11.1. The molecule has 0 aliphatic rings. The van der Waals surface area contributed by atoms with E-state index in [9.17, 15) is 13.6 Å². The standard InChI is InChI=1S/C8H7ClF2O2.C5H10O/c1-12-7-4-5(13-8(10)11)2-3-6(7)9;1-3-5(6)4-2/h2-4,8H,1H3;3-4H2,1-2H3. The van der Waals surface area contributed by atoms with E-state index in [-0.39, 0.29) is 5.75 Å². The zero-order chi connectivity index (χ0) is 14.8. The summed E-state index contributed by atoms with van der Waals surface area (Å²) in [5, 5.41) is 0.351. The van der Waals surface area contributed by atoms with Gasteiger partial charge in [0.1, 0.15) is 17.3 Å². The number of halogens is 3. The summed E-state index contributed by atoms with van der Waals surface area (Å²) in [4.78, 5) is 10.2. The van der Waals surface area contributed by atoms with Gasteiger partial charge in [-0.15, -0.1) is 0 Å². The lowest BCUT2D eigenvalue weighted by atomic mass is 10.3. The molecule has 0 amide bonds. The van der Waals surface area contributed by atoms with Gasteiger partial charge in [-0.1, -0.05) is 25.4 Å². The normalized spacial score (nSPS) is 9.63. The molecule has 19 heavy (non-hydrogen) atoms. The van der Waals surface area contributed by atoms with E-state index in [1.165, 1.54) is 25.3 Å². The fourth-order valence-electron chi connectivity index (χ4n) is 1.07. The molecule has 0 atom stereocenters. The number of hydrogen-bond acceptors (Lipinski definition) is 3. The van der Waals surface area contributed by atoms with Crippen LogP contribution in [-0.2, 0) is 4.79 Å². The van der Waals surface area contributed by atoms with E-state index < -0.39 is 6.61 Å². The first-order valence-corrected chi connectivity index (χ1v) is 6.12. The van der Waals surface area contributed by atoms with Crippen LogP contribution in [-0.4, -0.2) is 19.5 Å². The second kappa shape index (κ2) is 9.55. The third-order valence-electron chi connectivity index (χ3n) is 2.14. The van der Waals surface area contributed by atoms with E-state index in [1.807, 2.05) is 13.8 Å². The van der Waals surface area contributed by atoms with Gasteiger partial charge in [-0.25, -0.2) is 0 Å². The number of alkyl halides is 2. The summed E-state index contributed by atoms with van der Waals surface area (Å²) < 4.78 is 32.5. The maximum Gasteiger partial charge on any atom is 0.387 e. The number of ether oxygens (including phenoxy) is 2. The molecule has 0 spiro atoms. The molecule has 0 N–H and O–H groups in total. The number of carbonyl (C=O) groups is 1. The minimum absolute atomic E-state index is 0.0243. The van der Waals surface area contributed by atoms with Crippen LogP contribution in [0.2, 0.25) is 5.02 Å². The summed E-state index contributed by atoms with van der Waals surface area (Å²) in [5.74, 6) is 0.672. The van der Waals surface area contributed by atoms with E-state index in [0.29, 0.717) is 29.4 Å². The highest BCUT2D eigenvalue weighted by molar-refractivity contribution is 6.32. The van der Waals surface area contributed by atoms with Crippen molar-refractivity contribution in [3.63, 3.8) is 0 Å². The molecule has 1 rings (SSSR count). The molecular weight excluding hydrogens is 278 g/mol. The van der Waals surface area contributed by atoms with E-state index in [0.717, 1.165) is 0 Å². The van der Waals surface area contributed by atoms with Gasteiger partial charge in [-0.05, 0) is 12.1 Å². The van der Waals surface area contributed by atoms with Crippen molar-refractivity contribution in [1.29, 1.82) is 0 Å². The molecule has 108 valence electrons. The Morgan fingerprint density at radius 2 is 1.89 bits per heavy atom. The summed E-state index contributed by atoms with van der Waals surface area (Å²) >= 11 is 5.66. The van der Waals surface area contributed by atoms with E-state index in [1.54, 1.807) is 0 Å². The Morgan fingerprint density at radius 1 is 1.32 bits per heavy atom. The van der Waals surface area contributed by atoms with Crippen LogP contribution in [0.3, 0.4) is 0 Å². The minimum atomic E-state index is -2.84. The van der Waals surface area contributed by atoms with Crippen LogP contribution in [0, 0.1) is 0 Å². The molecule has 0 heterocycles. The Morgan fingerprint density at radius 3 is 2.26 bits per heavy atom. The lowest BCUT2D eigenvalue weighted by molar-refractivity contribution is -0.118. The first kappa shape index (κ1) is 17.6. The fraction of sp³-hybridized carbons (Fsp3) is 0.462. The van der Waals surface area contributed by atoms with E-state index >= 15 is 0 Å². The predicted octanol–water partition coefficient (Wildman–Crippen LogP) is 4.33. The van der Waals surface area contributed by atoms with Crippen molar-refractivity contribution >= 4 is 17.4 Å². The van der Waals surface area contributed by atoms with Crippen molar-refractivity contribution in [3.8, 4) is 11.5 Å². The van der Waals surface area contributed by atoms with Gasteiger partial charge >= 0.3 is 6.61 Å². The second-order valence-electron chi connectivity index (χ2n) is 3.42. The van der Waals surface area contributed by atoms with Gasteiger partial charge < -0.3 is 9.47 Å². The maximum atomic E-state index is 11.8. The first-order chi connectivity index (χ1) is 8.94. The summed E-state index contributed by atoms with van der Waals surface area (Å²) in [6, 6.07) is 4.07. The molecule has 0 saturated heterocycles. The highest BCUT2D eigenvalue weighted by Crippen LogP contribution is 2.29. The van der Waals surface area contributed by atoms with Crippen molar-refractivity contribution in [2.45, 2.75) is 33.3 Å². The number of carbonyl (C=O) groups excluding carboxylic acids is 1. The van der Waals surface area contributed by atoms with Gasteiger partial charge in [-0.2, -0.15) is 8.78 Å². The molecule has 1 aromatic rings. The van der Waals surface area contributed by atoms with Crippen LogP contribution >= 0.6 is 11.6 Å². The average Bonchev–Trinajstić information content (AvgIpc) is 2.40. The van der Waals surface area contributed by atoms with E-state index in [2.05, 4.69) is 4.74 Å². The fourth-order valence-corrected chi connectivity index (χ4v) is 1.26. The monoisotopic (exact) mass is 294 g/mol. The molecule has 0 fully saturated rings. The molecule has 0 saturated carbocycles. The van der Waals surface area contributed by atoms with Crippen molar-refractivity contribution in [3.05, 3.63) is 23.2 Å². The third-order valence-corrected chi connectivity index (χ3v) is 2.45. The highest BCUT2D eigenvalue weighted by Gasteiger charge is 2.07. The van der Waals surface area contributed by atoms with Crippen LogP contribution in [0.5, 0.6) is 11.5 Å². The van der Waals surface area contributed by atoms with Crippen LogP contribution in [0.15, 0.2) is 18.2 Å². The number of rotatable bonds is 5. The van der Waals surface area contributed by atoms with Gasteiger partial charge in [0.05, 0.1) is 12.1 Å². The maximum absolute atomic E-state index is 11.8. The van der Waals surface area contributed by atoms with E-state index in [4.69, 9.17) is 16.3 Å². The quantitative estimate of drug-likeness (QED) is 0.811.